The Bertz CT molecular complexity index is 640. The first-order valence-corrected chi connectivity index (χ1v) is 8.23. The van der Waals surface area contributed by atoms with Gasteiger partial charge in [-0.15, -0.1) is 0 Å². The van der Waals surface area contributed by atoms with Crippen molar-refractivity contribution in [1.82, 2.24) is 0 Å². The average molecular weight is 301 g/mol. The number of hydrogen-bond donors (Lipinski definition) is 1. The highest BCUT2D eigenvalue weighted by atomic mass is 32.2. The number of carbonyl (C=O) groups excluding carboxylic acids is 1. The van der Waals surface area contributed by atoms with E-state index in [0.29, 0.717) is 5.75 Å². The summed E-state index contributed by atoms with van der Waals surface area (Å²) in [5.74, 6) is 0.178. The van der Waals surface area contributed by atoms with Crippen LogP contribution in [0.5, 0.6) is 0 Å². The van der Waals surface area contributed by atoms with Gasteiger partial charge in [-0.2, -0.15) is 0 Å². The van der Waals surface area contributed by atoms with E-state index in [1.54, 1.807) is 6.92 Å². The second-order valence-corrected chi connectivity index (χ2v) is 6.77. The smallest absolute Gasteiger partial charge is 0.239 e. The van der Waals surface area contributed by atoms with Crippen LogP contribution in [0.2, 0.25) is 0 Å². The molecule has 21 heavy (non-hydrogen) atoms. The Morgan fingerprint density at radius 3 is 2.52 bits per heavy atom. The molecule has 110 valence electrons. The van der Waals surface area contributed by atoms with E-state index in [1.165, 1.54) is 0 Å². The second-order valence-electron chi connectivity index (χ2n) is 5.01. The predicted molar refractivity (Wildman–Crippen MR) is 87.6 cm³/mol. The molecule has 2 aromatic rings. The summed E-state index contributed by atoms with van der Waals surface area (Å²) >= 11 is 0. The van der Waals surface area contributed by atoms with E-state index in [2.05, 4.69) is 5.32 Å². The molecule has 2 rings (SSSR count). The first kappa shape index (κ1) is 15.4. The molecule has 2 atom stereocenters. The molecule has 0 spiro atoms. The minimum Gasteiger partial charge on any atom is -0.325 e. The van der Waals surface area contributed by atoms with Crippen molar-refractivity contribution in [3.63, 3.8) is 0 Å². The largest absolute Gasteiger partial charge is 0.325 e. The summed E-state index contributed by atoms with van der Waals surface area (Å²) in [5.41, 5.74) is 2.85. The number of rotatable bonds is 5. The van der Waals surface area contributed by atoms with Crippen molar-refractivity contribution < 1.29 is 9.00 Å². The first-order valence-electron chi connectivity index (χ1n) is 6.85. The van der Waals surface area contributed by atoms with Gasteiger partial charge in [-0.25, -0.2) is 0 Å². The van der Waals surface area contributed by atoms with Gasteiger partial charge in [0, 0.05) is 22.2 Å². The van der Waals surface area contributed by atoms with Crippen molar-refractivity contribution in [2.24, 2.45) is 0 Å². The van der Waals surface area contributed by atoms with Crippen molar-refractivity contribution in [1.29, 1.82) is 0 Å². The Morgan fingerprint density at radius 2 is 1.86 bits per heavy atom. The van der Waals surface area contributed by atoms with Gasteiger partial charge in [-0.1, -0.05) is 48.0 Å². The predicted octanol–water partition coefficient (Wildman–Crippen LogP) is 3.27. The molecule has 0 unspecified atom stereocenters. The third-order valence-electron chi connectivity index (χ3n) is 3.20. The number of amides is 1. The van der Waals surface area contributed by atoms with Gasteiger partial charge in [0.15, 0.2) is 0 Å². The van der Waals surface area contributed by atoms with Crippen molar-refractivity contribution in [3.05, 3.63) is 65.7 Å². The highest BCUT2D eigenvalue weighted by Crippen LogP contribution is 2.12. The Hall–Kier alpha value is -1.94. The Balaban J connectivity index is 1.97. The summed E-state index contributed by atoms with van der Waals surface area (Å²) in [7, 11) is -1.24. The molecule has 3 nitrogen and oxygen atoms in total. The molecular weight excluding hydrogens is 282 g/mol. The van der Waals surface area contributed by atoms with Gasteiger partial charge >= 0.3 is 0 Å². The molecule has 2 aromatic carbocycles. The number of anilines is 1. The van der Waals surface area contributed by atoms with E-state index in [0.717, 1.165) is 16.8 Å². The minimum absolute atomic E-state index is 0.216. The highest BCUT2D eigenvalue weighted by Gasteiger charge is 2.20. The lowest BCUT2D eigenvalue weighted by molar-refractivity contribution is -0.115. The minimum atomic E-state index is -1.24. The molecule has 0 heterocycles. The van der Waals surface area contributed by atoms with E-state index < -0.39 is 16.0 Å². The fourth-order valence-corrected chi connectivity index (χ4v) is 3.03. The standard InChI is InChI=1S/C17H19NO2S/c1-13-7-6-8-15(11-13)12-21(20)14(2)17(19)18-16-9-4-3-5-10-16/h3-11,14H,12H2,1-2H3,(H,18,19)/t14-,21-/m0/s1. The van der Waals surface area contributed by atoms with Crippen LogP contribution < -0.4 is 5.32 Å². The maximum absolute atomic E-state index is 12.3. The third-order valence-corrected chi connectivity index (χ3v) is 4.82. The van der Waals surface area contributed by atoms with Gasteiger partial charge in [-0.3, -0.25) is 9.00 Å². The van der Waals surface area contributed by atoms with Gasteiger partial charge in [0.2, 0.25) is 5.91 Å². The summed E-state index contributed by atoms with van der Waals surface area (Å²) in [4.78, 5) is 12.1. The fraction of sp³-hybridized carbons (Fsp3) is 0.235. The molecule has 0 fully saturated rings. The maximum Gasteiger partial charge on any atom is 0.239 e. The lowest BCUT2D eigenvalue weighted by Gasteiger charge is -2.12. The number of aryl methyl sites for hydroxylation is 1. The zero-order chi connectivity index (χ0) is 15.2. The Morgan fingerprint density at radius 1 is 1.14 bits per heavy atom. The van der Waals surface area contributed by atoms with Crippen LogP contribution in [-0.2, 0) is 21.3 Å². The first-order chi connectivity index (χ1) is 10.1. The summed E-state index contributed by atoms with van der Waals surface area (Å²) in [6.07, 6.45) is 0. The Kier molecular flexibility index (Phi) is 5.28. The normalized spacial score (nSPS) is 13.4. The molecule has 1 amide bonds. The molecule has 0 saturated heterocycles. The van der Waals surface area contributed by atoms with Crippen molar-refractivity contribution >= 4 is 22.4 Å². The van der Waals surface area contributed by atoms with Gasteiger partial charge in [0.25, 0.3) is 0 Å². The number of hydrogen-bond acceptors (Lipinski definition) is 2. The number of carbonyl (C=O) groups is 1. The van der Waals surface area contributed by atoms with E-state index in [-0.39, 0.29) is 5.91 Å². The summed E-state index contributed by atoms with van der Waals surface area (Å²) < 4.78 is 12.3. The number of para-hydroxylation sites is 1. The molecule has 1 N–H and O–H groups in total. The quantitative estimate of drug-likeness (QED) is 0.921. The molecule has 0 radical (unpaired) electrons. The van der Waals surface area contributed by atoms with Crippen LogP contribution in [0.25, 0.3) is 0 Å². The number of nitrogens with one attached hydrogen (secondary N) is 1. The molecule has 0 aromatic heterocycles. The van der Waals surface area contributed by atoms with E-state index >= 15 is 0 Å². The SMILES string of the molecule is Cc1cccc(C[S@](=O)[C@@H](C)C(=O)Nc2ccccc2)c1. The summed E-state index contributed by atoms with van der Waals surface area (Å²) in [6, 6.07) is 17.1. The lowest BCUT2D eigenvalue weighted by Crippen LogP contribution is -2.29. The highest BCUT2D eigenvalue weighted by molar-refractivity contribution is 7.85. The molecule has 0 aliphatic carbocycles. The topological polar surface area (TPSA) is 46.2 Å². The average Bonchev–Trinajstić information content (AvgIpc) is 2.47. The van der Waals surface area contributed by atoms with Crippen molar-refractivity contribution in [2.75, 3.05) is 5.32 Å². The molecule has 0 bridgehead atoms. The van der Waals surface area contributed by atoms with Crippen LogP contribution in [0.1, 0.15) is 18.1 Å². The van der Waals surface area contributed by atoms with Crippen LogP contribution in [0.3, 0.4) is 0 Å². The van der Waals surface area contributed by atoms with E-state index in [1.807, 2.05) is 61.5 Å². The molecular formula is C17H19NO2S. The Labute approximate surface area is 127 Å². The second kappa shape index (κ2) is 7.18. The summed E-state index contributed by atoms with van der Waals surface area (Å²) in [5, 5.41) is 2.24. The number of benzene rings is 2. The third kappa shape index (κ3) is 4.53. The van der Waals surface area contributed by atoms with Crippen LogP contribution in [0.15, 0.2) is 54.6 Å². The molecule has 0 saturated carbocycles. The molecule has 4 heteroatoms. The lowest BCUT2D eigenvalue weighted by atomic mass is 10.2. The van der Waals surface area contributed by atoms with Gasteiger partial charge in [-0.05, 0) is 31.5 Å². The maximum atomic E-state index is 12.3. The van der Waals surface area contributed by atoms with Crippen molar-refractivity contribution in [2.45, 2.75) is 24.9 Å². The molecule has 0 aliphatic rings. The fourth-order valence-electron chi connectivity index (χ4n) is 1.98. The zero-order valence-corrected chi connectivity index (χ0v) is 13.0. The monoisotopic (exact) mass is 301 g/mol. The van der Waals surface area contributed by atoms with Crippen LogP contribution in [0.4, 0.5) is 5.69 Å². The van der Waals surface area contributed by atoms with Crippen LogP contribution in [0, 0.1) is 6.92 Å². The van der Waals surface area contributed by atoms with Crippen molar-refractivity contribution in [3.8, 4) is 0 Å². The van der Waals surface area contributed by atoms with Gasteiger partial charge in [0.1, 0.15) is 5.25 Å². The van der Waals surface area contributed by atoms with Gasteiger partial charge < -0.3 is 5.32 Å². The van der Waals surface area contributed by atoms with Crippen LogP contribution >= 0.6 is 0 Å². The molecule has 0 aliphatic heterocycles. The van der Waals surface area contributed by atoms with E-state index in [9.17, 15) is 9.00 Å². The zero-order valence-electron chi connectivity index (χ0n) is 12.2. The van der Waals surface area contributed by atoms with Crippen LogP contribution in [-0.4, -0.2) is 15.4 Å². The van der Waals surface area contributed by atoms with Gasteiger partial charge in [0.05, 0.1) is 0 Å². The van der Waals surface area contributed by atoms with E-state index in [4.69, 9.17) is 0 Å². The summed E-state index contributed by atoms with van der Waals surface area (Å²) in [6.45, 7) is 3.70.